The van der Waals surface area contributed by atoms with Crippen molar-refractivity contribution in [3.8, 4) is 11.4 Å². The number of rotatable bonds is 4. The molecule has 2 heterocycles. The number of nitrogens with zero attached hydrogens (tertiary/aromatic N) is 2. The van der Waals surface area contributed by atoms with Crippen LogP contribution in [-0.4, -0.2) is 23.1 Å². The molecule has 1 aromatic heterocycles. The van der Waals surface area contributed by atoms with Crippen LogP contribution in [0.2, 0.25) is 0 Å². The Morgan fingerprint density at radius 3 is 2.54 bits per heavy atom. The number of hydrogen-bond donors (Lipinski definition) is 0. The van der Waals surface area contributed by atoms with E-state index in [0.717, 1.165) is 43.2 Å². The minimum atomic E-state index is -0.00948. The molecule has 132 valence electrons. The SMILES string of the molecule is COc1ccccc1-n1c2c(ccc1=O)CN(Cc1ccccc1)CC2. The van der Waals surface area contributed by atoms with E-state index in [2.05, 4.69) is 29.2 Å². The zero-order valence-electron chi connectivity index (χ0n) is 14.9. The van der Waals surface area contributed by atoms with Crippen LogP contribution >= 0.6 is 0 Å². The first-order valence-corrected chi connectivity index (χ1v) is 8.90. The van der Waals surface area contributed by atoms with Gasteiger partial charge in [-0.2, -0.15) is 0 Å². The molecule has 4 heteroatoms. The molecule has 0 spiro atoms. The minimum absolute atomic E-state index is 0.00948. The Morgan fingerprint density at radius 1 is 0.962 bits per heavy atom. The van der Waals surface area contributed by atoms with Gasteiger partial charge >= 0.3 is 0 Å². The van der Waals surface area contributed by atoms with Gasteiger partial charge in [0.2, 0.25) is 0 Å². The third kappa shape index (κ3) is 3.16. The van der Waals surface area contributed by atoms with E-state index in [4.69, 9.17) is 4.74 Å². The van der Waals surface area contributed by atoms with Gasteiger partial charge in [-0.05, 0) is 23.3 Å². The number of methoxy groups -OCH3 is 1. The molecule has 0 fully saturated rings. The van der Waals surface area contributed by atoms with Crippen LogP contribution in [-0.2, 0) is 19.5 Å². The predicted octanol–water partition coefficient (Wildman–Crippen LogP) is 3.40. The molecular formula is C22H22N2O2. The van der Waals surface area contributed by atoms with Gasteiger partial charge < -0.3 is 4.74 Å². The smallest absolute Gasteiger partial charge is 0.255 e. The number of ether oxygens (including phenoxy) is 1. The van der Waals surface area contributed by atoms with E-state index >= 15 is 0 Å². The number of pyridine rings is 1. The van der Waals surface area contributed by atoms with Gasteiger partial charge in [-0.1, -0.05) is 48.5 Å². The fraction of sp³-hybridized carbons (Fsp3) is 0.227. The van der Waals surface area contributed by atoms with Crippen molar-refractivity contribution in [3.63, 3.8) is 0 Å². The fourth-order valence-electron chi connectivity index (χ4n) is 3.67. The minimum Gasteiger partial charge on any atom is -0.495 e. The Morgan fingerprint density at radius 2 is 1.73 bits per heavy atom. The second-order valence-electron chi connectivity index (χ2n) is 6.60. The number of para-hydroxylation sites is 2. The molecular weight excluding hydrogens is 324 g/mol. The van der Waals surface area contributed by atoms with Gasteiger partial charge in [0, 0.05) is 37.8 Å². The third-order valence-corrected chi connectivity index (χ3v) is 4.92. The lowest BCUT2D eigenvalue weighted by Crippen LogP contribution is -2.34. The largest absolute Gasteiger partial charge is 0.495 e. The maximum Gasteiger partial charge on any atom is 0.255 e. The van der Waals surface area contributed by atoms with Crippen molar-refractivity contribution in [1.29, 1.82) is 0 Å². The molecule has 0 bridgehead atoms. The summed E-state index contributed by atoms with van der Waals surface area (Å²) in [5.74, 6) is 0.717. The number of aromatic nitrogens is 1. The summed E-state index contributed by atoms with van der Waals surface area (Å²) in [5.41, 5.74) is 4.41. The fourth-order valence-corrected chi connectivity index (χ4v) is 3.67. The molecule has 0 saturated carbocycles. The highest BCUT2D eigenvalue weighted by molar-refractivity contribution is 5.49. The van der Waals surface area contributed by atoms with Crippen molar-refractivity contribution in [2.75, 3.05) is 13.7 Å². The van der Waals surface area contributed by atoms with Gasteiger partial charge in [0.05, 0.1) is 12.8 Å². The number of hydrogen-bond acceptors (Lipinski definition) is 3. The Bertz CT molecular complexity index is 963. The lowest BCUT2D eigenvalue weighted by atomic mass is 10.0. The van der Waals surface area contributed by atoms with Crippen molar-refractivity contribution in [1.82, 2.24) is 9.47 Å². The summed E-state index contributed by atoms with van der Waals surface area (Å²) in [5, 5.41) is 0. The van der Waals surface area contributed by atoms with Gasteiger partial charge in [0.1, 0.15) is 5.75 Å². The molecule has 2 aromatic carbocycles. The summed E-state index contributed by atoms with van der Waals surface area (Å²) < 4.78 is 7.29. The Balaban J connectivity index is 1.69. The highest BCUT2D eigenvalue weighted by Crippen LogP contribution is 2.26. The maximum atomic E-state index is 12.6. The van der Waals surface area contributed by atoms with E-state index < -0.39 is 0 Å². The summed E-state index contributed by atoms with van der Waals surface area (Å²) >= 11 is 0. The molecule has 0 N–H and O–H groups in total. The van der Waals surface area contributed by atoms with Crippen molar-refractivity contribution >= 4 is 0 Å². The molecule has 1 aliphatic rings. The molecule has 0 radical (unpaired) electrons. The monoisotopic (exact) mass is 346 g/mol. The Hall–Kier alpha value is -2.85. The first kappa shape index (κ1) is 16.6. The van der Waals surface area contributed by atoms with Crippen LogP contribution in [0.3, 0.4) is 0 Å². The highest BCUT2D eigenvalue weighted by atomic mass is 16.5. The molecule has 26 heavy (non-hydrogen) atoms. The molecule has 1 aliphatic heterocycles. The molecule has 0 saturated heterocycles. The van der Waals surface area contributed by atoms with E-state index in [1.165, 1.54) is 11.1 Å². The predicted molar refractivity (Wildman–Crippen MR) is 103 cm³/mol. The van der Waals surface area contributed by atoms with Crippen molar-refractivity contribution in [3.05, 3.63) is 93.9 Å². The third-order valence-electron chi connectivity index (χ3n) is 4.92. The molecule has 4 rings (SSSR count). The second-order valence-corrected chi connectivity index (χ2v) is 6.60. The standard InChI is InChI=1S/C22H22N2O2/c1-26-21-10-6-5-9-20(21)24-19-13-14-23(15-17-7-3-2-4-8-17)16-18(19)11-12-22(24)25/h2-12H,13-16H2,1H3. The Labute approximate surface area is 153 Å². The van der Waals surface area contributed by atoms with Crippen LogP contribution in [0.5, 0.6) is 5.75 Å². The Kier molecular flexibility index (Phi) is 4.59. The normalized spacial score (nSPS) is 14.0. The number of benzene rings is 2. The summed E-state index contributed by atoms with van der Waals surface area (Å²) in [4.78, 5) is 15.1. The molecule has 0 aliphatic carbocycles. The van der Waals surface area contributed by atoms with Gasteiger partial charge in [0.15, 0.2) is 0 Å². The second kappa shape index (κ2) is 7.18. The van der Waals surface area contributed by atoms with Gasteiger partial charge in [0.25, 0.3) is 5.56 Å². The van der Waals surface area contributed by atoms with Crippen molar-refractivity contribution in [2.24, 2.45) is 0 Å². The number of fused-ring (bicyclic) bond motifs is 1. The van der Waals surface area contributed by atoms with Crippen LogP contribution in [0.25, 0.3) is 5.69 Å². The zero-order chi connectivity index (χ0) is 17.9. The maximum absolute atomic E-state index is 12.6. The van der Waals surface area contributed by atoms with E-state index in [0.29, 0.717) is 0 Å². The van der Waals surface area contributed by atoms with E-state index in [1.54, 1.807) is 13.2 Å². The summed E-state index contributed by atoms with van der Waals surface area (Å²) in [7, 11) is 1.64. The zero-order valence-corrected chi connectivity index (χ0v) is 14.9. The van der Waals surface area contributed by atoms with E-state index in [9.17, 15) is 4.79 Å². The van der Waals surface area contributed by atoms with Crippen molar-refractivity contribution < 1.29 is 4.74 Å². The summed E-state index contributed by atoms with van der Waals surface area (Å²) in [6.45, 7) is 2.70. The van der Waals surface area contributed by atoms with Crippen LogP contribution in [0.15, 0.2) is 71.5 Å². The highest BCUT2D eigenvalue weighted by Gasteiger charge is 2.21. The average molecular weight is 346 g/mol. The van der Waals surface area contributed by atoms with Gasteiger partial charge in [-0.15, -0.1) is 0 Å². The molecule has 3 aromatic rings. The quantitative estimate of drug-likeness (QED) is 0.726. The molecule has 0 unspecified atom stereocenters. The topological polar surface area (TPSA) is 34.5 Å². The van der Waals surface area contributed by atoms with Crippen LogP contribution in [0.4, 0.5) is 0 Å². The lowest BCUT2D eigenvalue weighted by molar-refractivity contribution is 0.241. The molecule has 0 amide bonds. The molecule has 4 nitrogen and oxygen atoms in total. The summed E-state index contributed by atoms with van der Waals surface area (Å²) in [6.07, 6.45) is 0.844. The van der Waals surface area contributed by atoms with Crippen LogP contribution in [0, 0.1) is 0 Å². The average Bonchev–Trinajstić information content (AvgIpc) is 2.69. The van der Waals surface area contributed by atoms with Gasteiger partial charge in [-0.3, -0.25) is 14.3 Å². The summed E-state index contributed by atoms with van der Waals surface area (Å²) in [6, 6.07) is 21.8. The lowest BCUT2D eigenvalue weighted by Gasteiger charge is -2.30. The first-order valence-electron chi connectivity index (χ1n) is 8.90. The van der Waals surface area contributed by atoms with E-state index in [1.807, 2.05) is 41.0 Å². The molecule has 0 atom stereocenters. The van der Waals surface area contributed by atoms with Crippen LogP contribution in [0.1, 0.15) is 16.8 Å². The van der Waals surface area contributed by atoms with Gasteiger partial charge in [-0.25, -0.2) is 0 Å². The van der Waals surface area contributed by atoms with E-state index in [-0.39, 0.29) is 5.56 Å². The van der Waals surface area contributed by atoms with Crippen molar-refractivity contribution in [2.45, 2.75) is 19.5 Å². The first-order chi connectivity index (χ1) is 12.8. The van der Waals surface area contributed by atoms with Crippen LogP contribution < -0.4 is 10.3 Å².